The lowest BCUT2D eigenvalue weighted by Gasteiger charge is -2.37. The molecule has 1 heterocycles. The van der Waals surface area contributed by atoms with E-state index in [-0.39, 0.29) is 0 Å². The van der Waals surface area contributed by atoms with Crippen molar-refractivity contribution in [2.75, 3.05) is 18.0 Å². The Morgan fingerprint density at radius 1 is 1.39 bits per heavy atom. The summed E-state index contributed by atoms with van der Waals surface area (Å²) in [5.74, 6) is 0.550. The smallest absolute Gasteiger partial charge is 0.336 e. The van der Waals surface area contributed by atoms with Gasteiger partial charge in [-0.2, -0.15) is 0 Å². The van der Waals surface area contributed by atoms with Crippen LogP contribution in [0, 0.1) is 11.8 Å². The Kier molecular flexibility index (Phi) is 3.95. The molecule has 1 aliphatic heterocycles. The van der Waals surface area contributed by atoms with Gasteiger partial charge in [-0.05, 0) is 52.4 Å². The fourth-order valence-electron chi connectivity index (χ4n) is 2.37. The van der Waals surface area contributed by atoms with Crippen molar-refractivity contribution in [1.82, 2.24) is 0 Å². The third-order valence-corrected chi connectivity index (χ3v) is 4.54. The minimum atomic E-state index is -0.894. The van der Waals surface area contributed by atoms with Gasteiger partial charge in [0.25, 0.3) is 0 Å². The molecule has 18 heavy (non-hydrogen) atoms. The molecule has 0 aromatic heterocycles. The number of piperidine rings is 1. The van der Waals surface area contributed by atoms with Gasteiger partial charge in [0.15, 0.2) is 0 Å². The molecule has 1 aliphatic rings. The quantitative estimate of drug-likeness (QED) is 0.906. The average Bonchev–Trinajstić information content (AvgIpc) is 2.32. The van der Waals surface area contributed by atoms with Gasteiger partial charge in [-0.3, -0.25) is 0 Å². The van der Waals surface area contributed by atoms with E-state index in [1.165, 1.54) is 6.42 Å². The molecule has 3 nitrogen and oxygen atoms in total. The zero-order valence-electron chi connectivity index (χ0n) is 10.7. The van der Waals surface area contributed by atoms with Crippen LogP contribution in [0.1, 0.15) is 30.6 Å². The van der Waals surface area contributed by atoms with E-state index in [9.17, 15) is 4.79 Å². The van der Waals surface area contributed by atoms with Crippen LogP contribution in [0.25, 0.3) is 0 Å². The average molecular weight is 312 g/mol. The van der Waals surface area contributed by atoms with E-state index in [1.54, 1.807) is 6.07 Å². The fraction of sp³-hybridized carbons (Fsp3) is 0.500. The number of carboxylic acid groups (broad SMARTS) is 1. The highest BCUT2D eigenvalue weighted by atomic mass is 79.9. The molecule has 98 valence electrons. The summed E-state index contributed by atoms with van der Waals surface area (Å²) >= 11 is 3.33. The second-order valence-electron chi connectivity index (χ2n) is 5.16. The first-order valence-electron chi connectivity index (χ1n) is 6.27. The second kappa shape index (κ2) is 5.31. The van der Waals surface area contributed by atoms with Crippen LogP contribution in [-0.2, 0) is 0 Å². The highest BCUT2D eigenvalue weighted by Crippen LogP contribution is 2.29. The molecule has 1 saturated heterocycles. The number of nitrogens with zero attached hydrogens (tertiary/aromatic N) is 1. The minimum Gasteiger partial charge on any atom is -0.478 e. The van der Waals surface area contributed by atoms with Crippen molar-refractivity contribution in [2.45, 2.75) is 20.3 Å². The molecule has 0 radical (unpaired) electrons. The van der Waals surface area contributed by atoms with Crippen molar-refractivity contribution in [1.29, 1.82) is 0 Å². The fourth-order valence-corrected chi connectivity index (χ4v) is 2.91. The SMILES string of the molecule is CC1CCN(c2ccc(C(=O)O)c(Br)c2)CC1C. The van der Waals surface area contributed by atoms with Crippen molar-refractivity contribution in [3.63, 3.8) is 0 Å². The molecule has 2 rings (SSSR count). The Hall–Kier alpha value is -1.03. The number of benzene rings is 1. The molecule has 0 bridgehead atoms. The number of aromatic carboxylic acids is 1. The summed E-state index contributed by atoms with van der Waals surface area (Å²) < 4.78 is 0.652. The lowest BCUT2D eigenvalue weighted by molar-refractivity contribution is 0.0696. The van der Waals surface area contributed by atoms with Gasteiger partial charge in [0.1, 0.15) is 0 Å². The minimum absolute atomic E-state index is 0.317. The maximum atomic E-state index is 11.0. The predicted molar refractivity (Wildman–Crippen MR) is 76.3 cm³/mol. The molecule has 0 amide bonds. The monoisotopic (exact) mass is 311 g/mol. The van der Waals surface area contributed by atoms with Gasteiger partial charge in [-0.25, -0.2) is 4.79 Å². The summed E-state index contributed by atoms with van der Waals surface area (Å²) in [7, 11) is 0. The van der Waals surface area contributed by atoms with Gasteiger partial charge in [-0.1, -0.05) is 13.8 Å². The molecule has 2 atom stereocenters. The molecule has 1 aromatic carbocycles. The number of carbonyl (C=O) groups is 1. The number of halogens is 1. The third kappa shape index (κ3) is 2.69. The normalized spacial score (nSPS) is 24.1. The molecule has 1 N–H and O–H groups in total. The standard InChI is InChI=1S/C14H18BrNO2/c1-9-5-6-16(8-10(9)2)11-3-4-12(14(17)18)13(15)7-11/h3-4,7,9-10H,5-6,8H2,1-2H3,(H,17,18). The molecule has 1 fully saturated rings. The highest BCUT2D eigenvalue weighted by Gasteiger charge is 2.23. The number of rotatable bonds is 2. The second-order valence-corrected chi connectivity index (χ2v) is 6.01. The Labute approximate surface area is 116 Å². The lowest BCUT2D eigenvalue weighted by Crippen LogP contribution is -2.38. The van der Waals surface area contributed by atoms with Crippen LogP contribution in [0.15, 0.2) is 22.7 Å². The van der Waals surface area contributed by atoms with E-state index >= 15 is 0 Å². The molecule has 2 unspecified atom stereocenters. The Morgan fingerprint density at radius 3 is 2.67 bits per heavy atom. The molecule has 1 aromatic rings. The molecular formula is C14H18BrNO2. The van der Waals surface area contributed by atoms with Crippen LogP contribution < -0.4 is 4.90 Å². The molecular weight excluding hydrogens is 294 g/mol. The van der Waals surface area contributed by atoms with Crippen LogP contribution in [0.2, 0.25) is 0 Å². The van der Waals surface area contributed by atoms with Crippen molar-refractivity contribution in [3.05, 3.63) is 28.2 Å². The summed E-state index contributed by atoms with van der Waals surface area (Å²) in [4.78, 5) is 13.3. The van der Waals surface area contributed by atoms with Gasteiger partial charge in [0.2, 0.25) is 0 Å². The number of anilines is 1. The predicted octanol–water partition coefficient (Wildman–Crippen LogP) is 3.63. The first-order chi connectivity index (χ1) is 8.49. The first-order valence-corrected chi connectivity index (χ1v) is 7.06. The van der Waals surface area contributed by atoms with Gasteiger partial charge < -0.3 is 10.0 Å². The lowest BCUT2D eigenvalue weighted by atomic mass is 9.88. The molecule has 0 aliphatic carbocycles. The zero-order chi connectivity index (χ0) is 13.3. The van der Waals surface area contributed by atoms with Crippen LogP contribution in [0.3, 0.4) is 0 Å². The highest BCUT2D eigenvalue weighted by molar-refractivity contribution is 9.10. The van der Waals surface area contributed by atoms with Gasteiger partial charge >= 0.3 is 5.97 Å². The Balaban J connectivity index is 2.19. The number of hydrogen-bond acceptors (Lipinski definition) is 2. The third-order valence-electron chi connectivity index (χ3n) is 3.88. The van der Waals surface area contributed by atoms with Crippen LogP contribution in [0.5, 0.6) is 0 Å². The number of hydrogen-bond donors (Lipinski definition) is 1. The summed E-state index contributed by atoms with van der Waals surface area (Å²) in [6.45, 7) is 6.66. The molecule has 0 saturated carbocycles. The van der Waals surface area contributed by atoms with Crippen molar-refractivity contribution in [2.24, 2.45) is 11.8 Å². The largest absolute Gasteiger partial charge is 0.478 e. The maximum Gasteiger partial charge on any atom is 0.336 e. The number of carboxylic acids is 1. The van der Waals surface area contributed by atoms with E-state index in [0.29, 0.717) is 16.0 Å². The molecule has 4 heteroatoms. The van der Waals surface area contributed by atoms with Crippen LogP contribution >= 0.6 is 15.9 Å². The van der Waals surface area contributed by atoms with E-state index in [2.05, 4.69) is 34.7 Å². The van der Waals surface area contributed by atoms with E-state index < -0.39 is 5.97 Å². The Bertz CT molecular complexity index is 461. The first kappa shape index (κ1) is 13.4. The van der Waals surface area contributed by atoms with E-state index in [4.69, 9.17) is 5.11 Å². The van der Waals surface area contributed by atoms with Crippen molar-refractivity contribution >= 4 is 27.6 Å². The van der Waals surface area contributed by atoms with Crippen molar-refractivity contribution < 1.29 is 9.90 Å². The van der Waals surface area contributed by atoms with E-state index in [1.807, 2.05) is 12.1 Å². The summed E-state index contributed by atoms with van der Waals surface area (Å²) in [5, 5.41) is 9.00. The van der Waals surface area contributed by atoms with Crippen LogP contribution in [-0.4, -0.2) is 24.2 Å². The Morgan fingerprint density at radius 2 is 2.11 bits per heavy atom. The maximum absolute atomic E-state index is 11.0. The molecule has 0 spiro atoms. The summed E-state index contributed by atoms with van der Waals surface area (Å²) in [5.41, 5.74) is 1.42. The summed E-state index contributed by atoms with van der Waals surface area (Å²) in [6, 6.07) is 5.48. The zero-order valence-corrected chi connectivity index (χ0v) is 12.3. The van der Waals surface area contributed by atoms with E-state index in [0.717, 1.165) is 24.7 Å². The van der Waals surface area contributed by atoms with Crippen molar-refractivity contribution in [3.8, 4) is 0 Å². The topological polar surface area (TPSA) is 40.5 Å². The van der Waals surface area contributed by atoms with Gasteiger partial charge in [-0.15, -0.1) is 0 Å². The summed E-state index contributed by atoms with van der Waals surface area (Å²) in [6.07, 6.45) is 1.19. The van der Waals surface area contributed by atoms with Gasteiger partial charge in [0, 0.05) is 23.2 Å². The van der Waals surface area contributed by atoms with Gasteiger partial charge in [0.05, 0.1) is 5.56 Å². The van der Waals surface area contributed by atoms with Crippen LogP contribution in [0.4, 0.5) is 5.69 Å².